The molecule has 1 fully saturated rings. The van der Waals surface area contributed by atoms with E-state index in [-0.39, 0.29) is 0 Å². The molecule has 0 unspecified atom stereocenters. The van der Waals surface area contributed by atoms with Gasteiger partial charge in [-0.1, -0.05) is 0 Å². The van der Waals surface area contributed by atoms with Gasteiger partial charge in [0.1, 0.15) is 0 Å². The number of hydrogen-bond donors (Lipinski definition) is 2. The molecule has 2 N–H and O–H groups in total. The van der Waals surface area contributed by atoms with Crippen LogP contribution in [0.5, 0.6) is 0 Å². The molecule has 0 spiro atoms. The van der Waals surface area contributed by atoms with Crippen molar-refractivity contribution in [1.82, 2.24) is 15.6 Å². The maximum atomic E-state index is 4.70. The molecule has 0 atom stereocenters. The van der Waals surface area contributed by atoms with Crippen molar-refractivity contribution < 1.29 is 0 Å². The zero-order valence-corrected chi connectivity index (χ0v) is 10.8. The van der Waals surface area contributed by atoms with Gasteiger partial charge in [0.15, 0.2) is 0 Å². The van der Waals surface area contributed by atoms with Gasteiger partial charge in [-0.15, -0.1) is 11.3 Å². The van der Waals surface area contributed by atoms with Crippen LogP contribution in [0.15, 0.2) is 5.38 Å². The molecule has 0 saturated carbocycles. The van der Waals surface area contributed by atoms with Crippen LogP contribution in [0.4, 0.5) is 0 Å². The largest absolute Gasteiger partial charge is 0.319 e. The summed E-state index contributed by atoms with van der Waals surface area (Å²) in [6.07, 6.45) is 4.86. The van der Waals surface area contributed by atoms with E-state index in [0.717, 1.165) is 18.9 Å². The van der Waals surface area contributed by atoms with Gasteiger partial charge in [-0.05, 0) is 38.9 Å². The van der Waals surface area contributed by atoms with Crippen molar-refractivity contribution in [3.05, 3.63) is 16.1 Å². The number of piperidine rings is 1. The smallest absolute Gasteiger partial charge is 0.0931 e. The number of likely N-dealkylation sites (N-methyl/N-ethyl adjacent to an activating group) is 1. The van der Waals surface area contributed by atoms with Crippen LogP contribution >= 0.6 is 11.3 Å². The van der Waals surface area contributed by atoms with Gasteiger partial charge in [-0.3, -0.25) is 0 Å². The van der Waals surface area contributed by atoms with E-state index in [1.54, 1.807) is 0 Å². The molecule has 90 valence electrons. The highest BCUT2D eigenvalue weighted by Gasteiger charge is 2.15. The van der Waals surface area contributed by atoms with Gasteiger partial charge in [-0.2, -0.15) is 0 Å². The van der Waals surface area contributed by atoms with E-state index >= 15 is 0 Å². The van der Waals surface area contributed by atoms with Gasteiger partial charge >= 0.3 is 0 Å². The number of hydrogen-bond acceptors (Lipinski definition) is 4. The number of nitrogens with one attached hydrogen (secondary N) is 2. The minimum absolute atomic E-state index is 0.851. The van der Waals surface area contributed by atoms with Crippen LogP contribution in [-0.2, 0) is 12.8 Å². The van der Waals surface area contributed by atoms with Gasteiger partial charge < -0.3 is 10.6 Å². The molecule has 0 amide bonds. The normalized spacial score (nSPS) is 17.8. The predicted octanol–water partition coefficient (Wildman–Crippen LogP) is 1.45. The summed E-state index contributed by atoms with van der Waals surface area (Å²) in [4.78, 5) is 4.70. The van der Waals surface area contributed by atoms with Gasteiger partial charge in [0.05, 0.1) is 10.7 Å². The first-order valence-corrected chi connectivity index (χ1v) is 7.05. The van der Waals surface area contributed by atoms with Gasteiger partial charge in [0.2, 0.25) is 0 Å². The summed E-state index contributed by atoms with van der Waals surface area (Å²) in [7, 11) is 1.99. The molecular formula is C12H21N3S. The monoisotopic (exact) mass is 239 g/mol. The SMILES string of the molecule is CNCCc1csc(CC2CCNCC2)n1. The van der Waals surface area contributed by atoms with E-state index < -0.39 is 0 Å². The number of nitrogens with zero attached hydrogens (tertiary/aromatic N) is 1. The molecule has 2 heterocycles. The van der Waals surface area contributed by atoms with Crippen LogP contribution in [0, 0.1) is 5.92 Å². The quantitative estimate of drug-likeness (QED) is 0.816. The Labute approximate surface area is 102 Å². The van der Waals surface area contributed by atoms with E-state index in [2.05, 4.69) is 16.0 Å². The van der Waals surface area contributed by atoms with Crippen molar-refractivity contribution in [3.8, 4) is 0 Å². The molecule has 1 aromatic rings. The van der Waals surface area contributed by atoms with E-state index in [9.17, 15) is 0 Å². The lowest BCUT2D eigenvalue weighted by molar-refractivity contribution is 0.372. The third-order valence-electron chi connectivity index (χ3n) is 3.15. The summed E-state index contributed by atoms with van der Waals surface area (Å²) in [5, 5.41) is 10.1. The molecule has 1 aliphatic rings. The number of aromatic nitrogens is 1. The summed E-state index contributed by atoms with van der Waals surface area (Å²) in [5.74, 6) is 0.851. The molecule has 1 aliphatic heterocycles. The molecule has 4 heteroatoms. The van der Waals surface area contributed by atoms with Gasteiger partial charge in [0, 0.05) is 24.8 Å². The summed E-state index contributed by atoms with van der Waals surface area (Å²) in [6, 6.07) is 0. The van der Waals surface area contributed by atoms with Crippen LogP contribution in [-0.4, -0.2) is 31.7 Å². The van der Waals surface area contributed by atoms with Crippen molar-refractivity contribution in [2.45, 2.75) is 25.7 Å². The average Bonchev–Trinajstić information content (AvgIpc) is 2.75. The molecule has 0 aliphatic carbocycles. The second kappa shape index (κ2) is 6.33. The third-order valence-corrected chi connectivity index (χ3v) is 4.07. The van der Waals surface area contributed by atoms with Crippen LogP contribution in [0.2, 0.25) is 0 Å². The lowest BCUT2D eigenvalue weighted by Gasteiger charge is -2.21. The molecule has 16 heavy (non-hydrogen) atoms. The zero-order valence-electron chi connectivity index (χ0n) is 9.96. The lowest BCUT2D eigenvalue weighted by Crippen LogP contribution is -2.28. The van der Waals surface area contributed by atoms with Crippen molar-refractivity contribution in [2.75, 3.05) is 26.7 Å². The topological polar surface area (TPSA) is 37.0 Å². The van der Waals surface area contributed by atoms with Crippen LogP contribution in [0.1, 0.15) is 23.5 Å². The van der Waals surface area contributed by atoms with Crippen molar-refractivity contribution >= 4 is 11.3 Å². The standard InChI is InChI=1S/C12H21N3S/c1-13-5-4-11-9-16-12(15-11)8-10-2-6-14-7-3-10/h9-10,13-14H,2-8H2,1H3. The first-order chi connectivity index (χ1) is 7.88. The van der Waals surface area contributed by atoms with Crippen molar-refractivity contribution in [1.29, 1.82) is 0 Å². The van der Waals surface area contributed by atoms with Gasteiger partial charge in [0.25, 0.3) is 0 Å². The van der Waals surface area contributed by atoms with Crippen LogP contribution < -0.4 is 10.6 Å². The Hall–Kier alpha value is -0.450. The number of thiazole rings is 1. The highest BCUT2D eigenvalue weighted by atomic mass is 32.1. The number of rotatable bonds is 5. The lowest BCUT2D eigenvalue weighted by atomic mass is 9.95. The minimum atomic E-state index is 0.851. The Balaban J connectivity index is 1.81. The van der Waals surface area contributed by atoms with Crippen LogP contribution in [0.3, 0.4) is 0 Å². The second-order valence-electron chi connectivity index (χ2n) is 4.48. The van der Waals surface area contributed by atoms with E-state index in [4.69, 9.17) is 4.98 Å². The Bertz CT molecular complexity index is 305. The molecule has 1 aromatic heterocycles. The molecule has 1 saturated heterocycles. The Kier molecular flexibility index (Phi) is 4.75. The molecular weight excluding hydrogens is 218 g/mol. The maximum absolute atomic E-state index is 4.70. The molecule has 2 rings (SSSR count). The maximum Gasteiger partial charge on any atom is 0.0931 e. The van der Waals surface area contributed by atoms with Gasteiger partial charge in [-0.25, -0.2) is 4.98 Å². The summed E-state index contributed by atoms with van der Waals surface area (Å²) in [6.45, 7) is 3.39. The molecule has 0 aromatic carbocycles. The average molecular weight is 239 g/mol. The van der Waals surface area contributed by atoms with Crippen LogP contribution in [0.25, 0.3) is 0 Å². The predicted molar refractivity (Wildman–Crippen MR) is 69.0 cm³/mol. The summed E-state index contributed by atoms with van der Waals surface area (Å²) >= 11 is 1.83. The zero-order chi connectivity index (χ0) is 11.2. The van der Waals surface area contributed by atoms with Crippen molar-refractivity contribution in [3.63, 3.8) is 0 Å². The Morgan fingerprint density at radius 1 is 1.50 bits per heavy atom. The highest BCUT2D eigenvalue weighted by molar-refractivity contribution is 7.09. The fourth-order valence-electron chi connectivity index (χ4n) is 2.14. The first kappa shape index (κ1) is 12.0. The summed E-state index contributed by atoms with van der Waals surface area (Å²) < 4.78 is 0. The fraction of sp³-hybridized carbons (Fsp3) is 0.750. The van der Waals surface area contributed by atoms with Crippen molar-refractivity contribution in [2.24, 2.45) is 5.92 Å². The highest BCUT2D eigenvalue weighted by Crippen LogP contribution is 2.20. The minimum Gasteiger partial charge on any atom is -0.319 e. The Morgan fingerprint density at radius 3 is 3.06 bits per heavy atom. The molecule has 0 radical (unpaired) electrons. The fourth-order valence-corrected chi connectivity index (χ4v) is 3.09. The van der Waals surface area contributed by atoms with E-state index in [1.165, 1.54) is 43.1 Å². The summed E-state index contributed by atoms with van der Waals surface area (Å²) in [5.41, 5.74) is 1.25. The second-order valence-corrected chi connectivity index (χ2v) is 5.43. The van der Waals surface area contributed by atoms with E-state index in [1.807, 2.05) is 18.4 Å². The Morgan fingerprint density at radius 2 is 2.31 bits per heavy atom. The first-order valence-electron chi connectivity index (χ1n) is 6.17. The third kappa shape index (κ3) is 3.54. The van der Waals surface area contributed by atoms with E-state index in [0.29, 0.717) is 0 Å². The molecule has 0 bridgehead atoms. The molecule has 3 nitrogen and oxygen atoms in total.